The van der Waals surface area contributed by atoms with Crippen molar-refractivity contribution >= 4 is 17.3 Å². The van der Waals surface area contributed by atoms with Crippen LogP contribution in [-0.4, -0.2) is 5.91 Å². The summed E-state index contributed by atoms with van der Waals surface area (Å²) in [6.45, 7) is 3.75. The van der Waals surface area contributed by atoms with Gasteiger partial charge in [0.05, 0.1) is 0 Å². The number of aryl methyl sites for hydroxylation is 2. The molecule has 0 aliphatic heterocycles. The number of benzene rings is 2. The highest BCUT2D eigenvalue weighted by molar-refractivity contribution is 6.07. The average molecular weight is 327 g/mol. The van der Waals surface area contributed by atoms with Crippen LogP contribution in [0.1, 0.15) is 11.1 Å². The number of nitrogens with one attached hydrogen (secondary N) is 2. The second-order valence-corrected chi connectivity index (χ2v) is 5.18. The molecule has 0 heterocycles. The minimum absolute atomic E-state index is 0.308. The Bertz CT molecular complexity index is 834. The van der Waals surface area contributed by atoms with Gasteiger partial charge in [-0.1, -0.05) is 23.8 Å². The van der Waals surface area contributed by atoms with Crippen LogP contribution in [0.3, 0.4) is 0 Å². The summed E-state index contributed by atoms with van der Waals surface area (Å²) in [4.78, 5) is 12.1. The molecule has 4 nitrogen and oxygen atoms in total. The number of nitrogens with zero attached hydrogens (tertiary/aromatic N) is 1. The lowest BCUT2D eigenvalue weighted by atomic mass is 10.1. The van der Waals surface area contributed by atoms with Gasteiger partial charge in [-0.25, -0.2) is 8.78 Å². The van der Waals surface area contributed by atoms with Gasteiger partial charge in [0.2, 0.25) is 0 Å². The van der Waals surface area contributed by atoms with Crippen LogP contribution in [0.5, 0.6) is 0 Å². The molecule has 2 rings (SSSR count). The first kappa shape index (κ1) is 17.2. The summed E-state index contributed by atoms with van der Waals surface area (Å²) in [5, 5.41) is 14.0. The zero-order chi connectivity index (χ0) is 17.7. The summed E-state index contributed by atoms with van der Waals surface area (Å²) in [6, 6.07) is 10.5. The number of hydrogen-bond acceptors (Lipinski definition) is 3. The Labute approximate surface area is 138 Å². The SMILES string of the molecule is Cc1ccc(NC(=O)/C(C#N)=C\Nc2c(F)cccc2F)c(C)c1. The molecule has 0 bridgehead atoms. The number of halogens is 2. The van der Waals surface area contributed by atoms with Crippen molar-refractivity contribution in [1.29, 1.82) is 5.26 Å². The van der Waals surface area contributed by atoms with Gasteiger partial charge in [-0.3, -0.25) is 4.79 Å². The van der Waals surface area contributed by atoms with Crippen LogP contribution in [0, 0.1) is 36.8 Å². The molecular weight excluding hydrogens is 312 g/mol. The zero-order valence-electron chi connectivity index (χ0n) is 13.2. The Morgan fingerprint density at radius 2 is 1.83 bits per heavy atom. The number of rotatable bonds is 4. The maximum atomic E-state index is 13.5. The molecule has 0 unspecified atom stereocenters. The summed E-state index contributed by atoms with van der Waals surface area (Å²) in [7, 11) is 0. The number of nitriles is 1. The summed E-state index contributed by atoms with van der Waals surface area (Å²) in [5.41, 5.74) is 1.71. The van der Waals surface area contributed by atoms with E-state index in [-0.39, 0.29) is 5.57 Å². The number of amides is 1. The van der Waals surface area contributed by atoms with Gasteiger partial charge in [0.25, 0.3) is 5.91 Å². The number of carbonyl (C=O) groups excluding carboxylic acids is 1. The molecule has 0 radical (unpaired) electrons. The lowest BCUT2D eigenvalue weighted by Gasteiger charge is -2.09. The predicted molar refractivity (Wildman–Crippen MR) is 88.2 cm³/mol. The highest BCUT2D eigenvalue weighted by atomic mass is 19.1. The van der Waals surface area contributed by atoms with Crippen LogP contribution in [0.4, 0.5) is 20.2 Å². The lowest BCUT2D eigenvalue weighted by molar-refractivity contribution is -0.112. The Balaban J connectivity index is 2.18. The maximum Gasteiger partial charge on any atom is 0.267 e. The molecule has 122 valence electrons. The van der Waals surface area contributed by atoms with E-state index in [1.54, 1.807) is 12.1 Å². The van der Waals surface area contributed by atoms with Crippen molar-refractivity contribution in [2.75, 3.05) is 10.6 Å². The first-order valence-electron chi connectivity index (χ1n) is 7.12. The monoisotopic (exact) mass is 327 g/mol. The molecule has 0 saturated heterocycles. The van der Waals surface area contributed by atoms with Crippen LogP contribution in [0.2, 0.25) is 0 Å². The molecule has 0 aromatic heterocycles. The normalized spacial score (nSPS) is 10.9. The van der Waals surface area contributed by atoms with E-state index >= 15 is 0 Å². The summed E-state index contributed by atoms with van der Waals surface area (Å²) < 4.78 is 27.1. The molecule has 24 heavy (non-hydrogen) atoms. The number of para-hydroxylation sites is 1. The van der Waals surface area contributed by atoms with E-state index in [4.69, 9.17) is 5.26 Å². The van der Waals surface area contributed by atoms with Crippen LogP contribution < -0.4 is 10.6 Å². The van der Waals surface area contributed by atoms with Crippen LogP contribution in [-0.2, 0) is 4.79 Å². The minimum atomic E-state index is -0.821. The molecule has 2 N–H and O–H groups in total. The quantitative estimate of drug-likeness (QED) is 0.658. The first-order valence-corrected chi connectivity index (χ1v) is 7.12. The van der Waals surface area contributed by atoms with Crippen LogP contribution >= 0.6 is 0 Å². The second-order valence-electron chi connectivity index (χ2n) is 5.18. The van der Waals surface area contributed by atoms with Crippen LogP contribution in [0.15, 0.2) is 48.2 Å². The predicted octanol–water partition coefficient (Wildman–Crippen LogP) is 4.04. The second kappa shape index (κ2) is 7.38. The Morgan fingerprint density at radius 3 is 2.42 bits per heavy atom. The van der Waals surface area contributed by atoms with Crippen LogP contribution in [0.25, 0.3) is 0 Å². The molecular formula is C18H15F2N3O. The van der Waals surface area contributed by atoms with Gasteiger partial charge in [0, 0.05) is 11.9 Å². The van der Waals surface area contributed by atoms with Crippen molar-refractivity contribution in [3.05, 3.63) is 70.9 Å². The van der Waals surface area contributed by atoms with Crippen molar-refractivity contribution < 1.29 is 13.6 Å². The summed E-state index contributed by atoms with van der Waals surface area (Å²) in [6.07, 6.45) is 0.973. The van der Waals surface area contributed by atoms with Crippen molar-refractivity contribution in [2.45, 2.75) is 13.8 Å². The van der Waals surface area contributed by atoms with Crippen molar-refractivity contribution in [1.82, 2.24) is 0 Å². The topological polar surface area (TPSA) is 64.9 Å². The number of anilines is 2. The van der Waals surface area contributed by atoms with Gasteiger partial charge in [-0.15, -0.1) is 0 Å². The fraction of sp³-hybridized carbons (Fsp3) is 0.111. The molecule has 0 aliphatic rings. The third-order valence-corrected chi connectivity index (χ3v) is 3.32. The van der Waals surface area contributed by atoms with Gasteiger partial charge in [-0.05, 0) is 37.6 Å². The van der Waals surface area contributed by atoms with E-state index in [1.807, 2.05) is 26.0 Å². The number of hydrogen-bond donors (Lipinski definition) is 2. The Morgan fingerprint density at radius 1 is 1.17 bits per heavy atom. The molecule has 0 saturated carbocycles. The van der Waals surface area contributed by atoms with Crippen molar-refractivity contribution in [3.8, 4) is 6.07 Å². The van der Waals surface area contributed by atoms with Crippen molar-refractivity contribution in [2.24, 2.45) is 0 Å². The molecule has 0 aliphatic carbocycles. The Kier molecular flexibility index (Phi) is 5.27. The molecule has 2 aromatic rings. The fourth-order valence-electron chi connectivity index (χ4n) is 2.07. The average Bonchev–Trinajstić information content (AvgIpc) is 2.53. The summed E-state index contributed by atoms with van der Waals surface area (Å²) >= 11 is 0. The lowest BCUT2D eigenvalue weighted by Crippen LogP contribution is -2.15. The van der Waals surface area contributed by atoms with E-state index in [9.17, 15) is 13.6 Å². The van der Waals surface area contributed by atoms with E-state index in [2.05, 4.69) is 10.6 Å². The van der Waals surface area contributed by atoms with E-state index < -0.39 is 23.2 Å². The van der Waals surface area contributed by atoms with Gasteiger partial charge >= 0.3 is 0 Å². The maximum absolute atomic E-state index is 13.5. The molecule has 0 fully saturated rings. The largest absolute Gasteiger partial charge is 0.355 e. The smallest absolute Gasteiger partial charge is 0.267 e. The standard InChI is InChI=1S/C18H15F2N3O/c1-11-6-7-16(12(2)8-11)23-18(24)13(9-21)10-22-17-14(19)4-3-5-15(17)20/h3-8,10,22H,1-2H3,(H,23,24)/b13-10-. The third kappa shape index (κ3) is 3.96. The fourth-order valence-corrected chi connectivity index (χ4v) is 2.07. The Hall–Kier alpha value is -3.20. The summed E-state index contributed by atoms with van der Waals surface area (Å²) in [5.74, 6) is -2.31. The highest BCUT2D eigenvalue weighted by Gasteiger charge is 2.12. The molecule has 1 amide bonds. The number of carbonyl (C=O) groups is 1. The van der Waals surface area contributed by atoms with E-state index in [0.717, 1.165) is 29.5 Å². The minimum Gasteiger partial charge on any atom is -0.355 e. The van der Waals surface area contributed by atoms with Gasteiger partial charge in [0.15, 0.2) is 0 Å². The van der Waals surface area contributed by atoms with Gasteiger partial charge in [-0.2, -0.15) is 5.26 Å². The molecule has 6 heteroatoms. The zero-order valence-corrected chi connectivity index (χ0v) is 13.2. The first-order chi connectivity index (χ1) is 11.4. The van der Waals surface area contributed by atoms with E-state index in [1.165, 1.54) is 6.07 Å². The van der Waals surface area contributed by atoms with Gasteiger partial charge < -0.3 is 10.6 Å². The highest BCUT2D eigenvalue weighted by Crippen LogP contribution is 2.19. The molecule has 0 atom stereocenters. The van der Waals surface area contributed by atoms with Gasteiger partial charge in [0.1, 0.15) is 29.0 Å². The van der Waals surface area contributed by atoms with Crippen molar-refractivity contribution in [3.63, 3.8) is 0 Å². The third-order valence-electron chi connectivity index (χ3n) is 3.32. The molecule has 0 spiro atoms. The van der Waals surface area contributed by atoms with E-state index in [0.29, 0.717) is 5.69 Å². The molecule has 2 aromatic carbocycles.